The summed E-state index contributed by atoms with van der Waals surface area (Å²) in [5.74, 6) is -1.02. The minimum Gasteiger partial charge on any atom is -0.477 e. The van der Waals surface area contributed by atoms with Crippen molar-refractivity contribution in [1.82, 2.24) is 0 Å². The SMILES string of the molecule is CCOC(=O)C(O)(C1C=C([Si](C)(C)C)OC([Si](C)(C)C)=C1)C(C)(C)C. The van der Waals surface area contributed by atoms with Gasteiger partial charge in [0.1, 0.15) is 16.1 Å². The molecule has 0 saturated heterocycles. The predicted molar refractivity (Wildman–Crippen MR) is 108 cm³/mol. The van der Waals surface area contributed by atoms with Crippen molar-refractivity contribution in [1.29, 1.82) is 0 Å². The van der Waals surface area contributed by atoms with Crippen LogP contribution in [0.25, 0.3) is 0 Å². The number of hydrogen-bond donors (Lipinski definition) is 1. The number of ether oxygens (including phenoxy) is 2. The number of carbonyl (C=O) groups is 1. The van der Waals surface area contributed by atoms with Gasteiger partial charge in [0.2, 0.25) is 0 Å². The highest BCUT2D eigenvalue weighted by Gasteiger charge is 2.54. The van der Waals surface area contributed by atoms with Gasteiger partial charge in [0.05, 0.1) is 17.4 Å². The topological polar surface area (TPSA) is 55.8 Å². The lowest BCUT2D eigenvalue weighted by molar-refractivity contribution is -0.182. The summed E-state index contributed by atoms with van der Waals surface area (Å²) in [5.41, 5.74) is -2.31. The summed E-state index contributed by atoms with van der Waals surface area (Å²) in [4.78, 5) is 12.8. The van der Waals surface area contributed by atoms with Crippen LogP contribution in [0.5, 0.6) is 0 Å². The molecule has 4 nitrogen and oxygen atoms in total. The van der Waals surface area contributed by atoms with Crippen LogP contribution in [0, 0.1) is 11.3 Å². The fourth-order valence-corrected chi connectivity index (χ4v) is 5.09. The van der Waals surface area contributed by atoms with E-state index >= 15 is 0 Å². The zero-order valence-corrected chi connectivity index (χ0v) is 19.6. The molecule has 0 fully saturated rings. The molecular formula is C19H36O4Si2. The van der Waals surface area contributed by atoms with E-state index in [1.165, 1.54) is 0 Å². The molecule has 1 aliphatic rings. The summed E-state index contributed by atoms with van der Waals surface area (Å²) < 4.78 is 11.5. The van der Waals surface area contributed by atoms with E-state index in [4.69, 9.17) is 9.47 Å². The largest absolute Gasteiger partial charge is 0.477 e. The maximum atomic E-state index is 12.8. The fraction of sp³-hybridized carbons (Fsp3) is 0.737. The first-order valence-corrected chi connectivity index (χ1v) is 16.1. The van der Waals surface area contributed by atoms with E-state index in [1.54, 1.807) is 6.92 Å². The van der Waals surface area contributed by atoms with Crippen molar-refractivity contribution in [2.75, 3.05) is 6.61 Å². The Morgan fingerprint density at radius 1 is 1.08 bits per heavy atom. The van der Waals surface area contributed by atoms with Gasteiger partial charge >= 0.3 is 5.97 Å². The second-order valence-corrected chi connectivity index (χ2v) is 19.9. The third kappa shape index (κ3) is 4.66. The smallest absolute Gasteiger partial charge is 0.339 e. The standard InChI is InChI=1S/C19H36O4Si2/c1-11-22-17(20)19(21,18(2,3)4)14-12-15(24(5,6)7)23-16(13-14)25(8,9)10/h12-14,21H,11H2,1-10H3. The molecule has 0 radical (unpaired) electrons. The van der Waals surface area contributed by atoms with Crippen LogP contribution in [0.4, 0.5) is 0 Å². The molecular weight excluding hydrogens is 348 g/mol. The summed E-state index contributed by atoms with van der Waals surface area (Å²) in [6.07, 6.45) is 3.91. The zero-order chi connectivity index (χ0) is 19.8. The maximum absolute atomic E-state index is 12.8. The fourth-order valence-electron chi connectivity index (χ4n) is 2.79. The van der Waals surface area contributed by atoms with Crippen LogP contribution in [-0.4, -0.2) is 39.4 Å². The van der Waals surface area contributed by atoms with Gasteiger partial charge < -0.3 is 14.6 Å². The quantitative estimate of drug-likeness (QED) is 0.560. The average molecular weight is 385 g/mol. The van der Waals surface area contributed by atoms with Gasteiger partial charge in [0.25, 0.3) is 0 Å². The zero-order valence-electron chi connectivity index (χ0n) is 17.6. The molecule has 0 amide bonds. The number of rotatable bonds is 5. The molecule has 1 atom stereocenters. The monoisotopic (exact) mass is 384 g/mol. The van der Waals surface area contributed by atoms with E-state index in [2.05, 4.69) is 39.3 Å². The molecule has 1 heterocycles. The van der Waals surface area contributed by atoms with E-state index < -0.39 is 39.1 Å². The van der Waals surface area contributed by atoms with Gasteiger partial charge in [0.15, 0.2) is 5.60 Å². The number of esters is 1. The number of hydrogen-bond acceptors (Lipinski definition) is 4. The second-order valence-electron chi connectivity index (χ2n) is 9.93. The first-order chi connectivity index (χ1) is 11.0. The van der Waals surface area contributed by atoms with E-state index in [0.29, 0.717) is 0 Å². The summed E-state index contributed by atoms with van der Waals surface area (Å²) in [6, 6.07) is 0. The Hall–Kier alpha value is -0.856. The Balaban J connectivity index is 3.58. The molecule has 6 heteroatoms. The van der Waals surface area contributed by atoms with E-state index in [9.17, 15) is 9.90 Å². The molecule has 0 spiro atoms. The van der Waals surface area contributed by atoms with Gasteiger partial charge in [-0.1, -0.05) is 60.1 Å². The molecule has 25 heavy (non-hydrogen) atoms. The second kappa shape index (κ2) is 7.04. The molecule has 1 rings (SSSR count). The first-order valence-electron chi connectivity index (χ1n) is 9.07. The molecule has 0 bridgehead atoms. The molecule has 1 unspecified atom stereocenters. The molecule has 0 aromatic rings. The Morgan fingerprint density at radius 2 is 1.48 bits per heavy atom. The molecule has 1 N–H and O–H groups in total. The van der Waals surface area contributed by atoms with Crippen LogP contribution in [0.15, 0.2) is 22.9 Å². The molecule has 0 aromatic heterocycles. The van der Waals surface area contributed by atoms with Crippen LogP contribution in [0.2, 0.25) is 39.3 Å². The minimum atomic E-state index is -1.75. The molecule has 1 aliphatic heterocycles. The van der Waals surface area contributed by atoms with Gasteiger partial charge in [-0.25, -0.2) is 4.79 Å². The number of carbonyl (C=O) groups excluding carboxylic acids is 1. The van der Waals surface area contributed by atoms with Gasteiger partial charge in [-0.15, -0.1) is 0 Å². The van der Waals surface area contributed by atoms with Crippen molar-refractivity contribution in [2.24, 2.45) is 11.3 Å². The van der Waals surface area contributed by atoms with Gasteiger partial charge in [-0.05, 0) is 19.1 Å². The highest BCUT2D eigenvalue weighted by molar-refractivity contribution is 6.84. The van der Waals surface area contributed by atoms with Crippen LogP contribution < -0.4 is 0 Å². The minimum absolute atomic E-state index is 0.246. The summed E-state index contributed by atoms with van der Waals surface area (Å²) in [6.45, 7) is 20.9. The van der Waals surface area contributed by atoms with Crippen molar-refractivity contribution in [2.45, 2.75) is 72.6 Å². The van der Waals surface area contributed by atoms with Crippen molar-refractivity contribution >= 4 is 22.1 Å². The van der Waals surface area contributed by atoms with Crippen molar-refractivity contribution in [3.05, 3.63) is 22.9 Å². The predicted octanol–water partition coefficient (Wildman–Crippen LogP) is 4.50. The number of aliphatic hydroxyl groups is 1. The normalized spacial score (nSPS) is 19.5. The Morgan fingerprint density at radius 3 is 1.76 bits per heavy atom. The highest BCUT2D eigenvalue weighted by Crippen LogP contribution is 2.43. The van der Waals surface area contributed by atoms with Gasteiger partial charge in [-0.2, -0.15) is 0 Å². The van der Waals surface area contributed by atoms with E-state index in [-0.39, 0.29) is 6.61 Å². The third-order valence-electron chi connectivity index (χ3n) is 4.57. The van der Waals surface area contributed by atoms with Crippen molar-refractivity contribution < 1.29 is 19.4 Å². The van der Waals surface area contributed by atoms with Crippen LogP contribution in [0.3, 0.4) is 0 Å². The van der Waals surface area contributed by atoms with Crippen LogP contribution >= 0.6 is 0 Å². The average Bonchev–Trinajstić information content (AvgIpc) is 2.43. The van der Waals surface area contributed by atoms with Gasteiger partial charge in [-0.3, -0.25) is 0 Å². The summed E-state index contributed by atoms with van der Waals surface area (Å²) in [5, 5.41) is 13.4. The van der Waals surface area contributed by atoms with Crippen molar-refractivity contribution in [3.8, 4) is 0 Å². The molecule has 0 aliphatic carbocycles. The van der Waals surface area contributed by atoms with Crippen molar-refractivity contribution in [3.63, 3.8) is 0 Å². The molecule has 0 saturated carbocycles. The Kier molecular flexibility index (Phi) is 6.25. The third-order valence-corrected chi connectivity index (χ3v) is 8.07. The Bertz CT molecular complexity index is 544. The van der Waals surface area contributed by atoms with Crippen LogP contribution in [0.1, 0.15) is 27.7 Å². The van der Waals surface area contributed by atoms with Gasteiger partial charge in [0, 0.05) is 11.3 Å². The maximum Gasteiger partial charge on any atom is 0.339 e. The van der Waals surface area contributed by atoms with E-state index in [1.807, 2.05) is 32.9 Å². The van der Waals surface area contributed by atoms with Crippen LogP contribution in [-0.2, 0) is 14.3 Å². The lowest BCUT2D eigenvalue weighted by atomic mass is 9.68. The molecule has 0 aromatic carbocycles. The summed E-state index contributed by atoms with van der Waals surface area (Å²) >= 11 is 0. The highest BCUT2D eigenvalue weighted by atomic mass is 28.3. The first kappa shape index (κ1) is 22.2. The lowest BCUT2D eigenvalue weighted by Gasteiger charge is -2.44. The summed E-state index contributed by atoms with van der Waals surface area (Å²) in [7, 11) is -3.51. The molecule has 144 valence electrons. The Labute approximate surface area is 155 Å². The van der Waals surface area contributed by atoms with E-state index in [0.717, 1.165) is 10.8 Å². The lowest BCUT2D eigenvalue weighted by Crippen LogP contribution is -2.56.